The number of carbonyl (C=O) groups is 1. The number of aryl methyl sites for hydroxylation is 1. The lowest BCUT2D eigenvalue weighted by atomic mass is 10.1. The summed E-state index contributed by atoms with van der Waals surface area (Å²) >= 11 is 5.97. The minimum absolute atomic E-state index is 0.0351. The van der Waals surface area contributed by atoms with Gasteiger partial charge in [0.05, 0.1) is 17.1 Å². The summed E-state index contributed by atoms with van der Waals surface area (Å²) in [5, 5.41) is 11.8. The van der Waals surface area contributed by atoms with Crippen LogP contribution in [0.3, 0.4) is 0 Å². The summed E-state index contributed by atoms with van der Waals surface area (Å²) in [6.07, 6.45) is -0.0351. The van der Waals surface area contributed by atoms with Crippen molar-refractivity contribution in [3.63, 3.8) is 0 Å². The van der Waals surface area contributed by atoms with Crippen LogP contribution in [0.4, 0.5) is 15.8 Å². The van der Waals surface area contributed by atoms with E-state index in [9.17, 15) is 9.18 Å². The van der Waals surface area contributed by atoms with Crippen molar-refractivity contribution in [3.8, 4) is 0 Å². The molecule has 1 amide bonds. The van der Waals surface area contributed by atoms with E-state index in [1.54, 1.807) is 23.7 Å². The van der Waals surface area contributed by atoms with Crippen molar-refractivity contribution < 1.29 is 14.4 Å². The molecule has 0 saturated heterocycles. The van der Waals surface area contributed by atoms with Gasteiger partial charge in [0, 0.05) is 5.69 Å². The zero-order chi connectivity index (χ0) is 15.4. The predicted octanol–water partition coefficient (Wildman–Crippen LogP) is 3.58. The van der Waals surface area contributed by atoms with E-state index >= 15 is 0 Å². The van der Waals surface area contributed by atoms with Gasteiger partial charge in [0.25, 0.3) is 0 Å². The topological polar surface area (TPSA) is 61.4 Å². The molecule has 0 aliphatic heterocycles. The first-order valence-electron chi connectivity index (χ1n) is 6.24. The van der Waals surface area contributed by atoms with Crippen molar-refractivity contribution in [2.24, 2.45) is 0 Å². The Hall–Kier alpha value is -2.11. The molecule has 0 atom stereocenters. The van der Waals surface area contributed by atoms with Crippen LogP contribution in [0.25, 0.3) is 0 Å². The molecule has 4 nitrogen and oxygen atoms in total. The van der Waals surface area contributed by atoms with Gasteiger partial charge < -0.3 is 5.32 Å². The number of rotatable bonds is 4. The molecule has 0 heterocycles. The lowest BCUT2D eigenvalue weighted by molar-refractivity contribution is -0.128. The van der Waals surface area contributed by atoms with Crippen LogP contribution in [0.2, 0.25) is 5.02 Å². The van der Waals surface area contributed by atoms with E-state index in [0.29, 0.717) is 11.3 Å². The highest BCUT2D eigenvalue weighted by molar-refractivity contribution is 6.33. The highest BCUT2D eigenvalue weighted by Gasteiger charge is 2.12. The average Bonchev–Trinajstić information content (AvgIpc) is 2.45. The van der Waals surface area contributed by atoms with Gasteiger partial charge in [-0.1, -0.05) is 35.4 Å². The number of anilines is 2. The van der Waals surface area contributed by atoms with Gasteiger partial charge in [0.2, 0.25) is 5.91 Å². The predicted molar refractivity (Wildman–Crippen MR) is 79.5 cm³/mol. The van der Waals surface area contributed by atoms with Crippen LogP contribution in [0.1, 0.15) is 11.1 Å². The molecule has 6 heteroatoms. The van der Waals surface area contributed by atoms with E-state index < -0.39 is 11.7 Å². The Morgan fingerprint density at radius 3 is 2.76 bits per heavy atom. The number of hydrogen-bond acceptors (Lipinski definition) is 3. The van der Waals surface area contributed by atoms with Gasteiger partial charge in [-0.2, -0.15) is 0 Å². The van der Waals surface area contributed by atoms with Crippen molar-refractivity contribution >= 4 is 28.9 Å². The number of halogens is 2. The zero-order valence-corrected chi connectivity index (χ0v) is 12.0. The molecule has 0 radical (unpaired) electrons. The van der Waals surface area contributed by atoms with E-state index in [1.807, 2.05) is 13.0 Å². The van der Waals surface area contributed by atoms with Crippen LogP contribution in [0.5, 0.6) is 0 Å². The Morgan fingerprint density at radius 1 is 1.33 bits per heavy atom. The van der Waals surface area contributed by atoms with Gasteiger partial charge in [-0.15, -0.1) is 0 Å². The average molecular weight is 309 g/mol. The van der Waals surface area contributed by atoms with Crippen LogP contribution in [0, 0.1) is 12.7 Å². The van der Waals surface area contributed by atoms with E-state index in [4.69, 9.17) is 16.8 Å². The van der Waals surface area contributed by atoms with Gasteiger partial charge in [-0.05, 0) is 30.7 Å². The zero-order valence-electron chi connectivity index (χ0n) is 11.3. The molecular formula is C15H14ClFN2O2. The smallest absolute Gasteiger partial charge is 0.247 e. The molecule has 0 saturated carbocycles. The molecule has 0 bridgehead atoms. The summed E-state index contributed by atoms with van der Waals surface area (Å²) in [5.74, 6) is -1.04. The van der Waals surface area contributed by atoms with Crippen LogP contribution >= 0.6 is 11.6 Å². The summed E-state index contributed by atoms with van der Waals surface area (Å²) in [6.45, 7) is 1.88. The quantitative estimate of drug-likeness (QED) is 0.597. The summed E-state index contributed by atoms with van der Waals surface area (Å²) in [4.78, 5) is 11.3. The lowest BCUT2D eigenvalue weighted by Gasteiger charge is -2.14. The Balaban J connectivity index is 2.37. The van der Waals surface area contributed by atoms with Crippen molar-refractivity contribution in [1.82, 2.24) is 5.48 Å². The molecule has 21 heavy (non-hydrogen) atoms. The number of amides is 1. The minimum Gasteiger partial charge on any atom is -0.352 e. The second kappa shape index (κ2) is 6.56. The summed E-state index contributed by atoms with van der Waals surface area (Å²) < 4.78 is 13.8. The molecule has 2 rings (SSSR count). The second-order valence-electron chi connectivity index (χ2n) is 4.59. The SMILES string of the molecule is Cc1ccc(Nc2c(F)cccc2Cl)c(CC(=O)NO)c1. The van der Waals surface area contributed by atoms with Crippen molar-refractivity contribution in [2.45, 2.75) is 13.3 Å². The van der Waals surface area contributed by atoms with Crippen LogP contribution in [0.15, 0.2) is 36.4 Å². The lowest BCUT2D eigenvalue weighted by Crippen LogP contribution is -2.21. The van der Waals surface area contributed by atoms with Crippen molar-refractivity contribution in [1.29, 1.82) is 0 Å². The van der Waals surface area contributed by atoms with Gasteiger partial charge in [-0.25, -0.2) is 9.87 Å². The molecule has 0 unspecified atom stereocenters. The van der Waals surface area contributed by atoms with Gasteiger partial charge in [-0.3, -0.25) is 10.0 Å². The Kier molecular flexibility index (Phi) is 4.77. The number of para-hydroxylation sites is 1. The maximum Gasteiger partial charge on any atom is 0.247 e. The van der Waals surface area contributed by atoms with Crippen LogP contribution in [-0.4, -0.2) is 11.1 Å². The molecule has 0 aromatic heterocycles. The number of hydrogen-bond donors (Lipinski definition) is 3. The third kappa shape index (κ3) is 3.71. The number of carbonyl (C=O) groups excluding carboxylic acids is 1. The molecule has 0 spiro atoms. The van der Waals surface area contributed by atoms with Crippen LogP contribution in [-0.2, 0) is 11.2 Å². The van der Waals surface area contributed by atoms with E-state index in [1.165, 1.54) is 12.1 Å². The molecule has 2 aromatic rings. The standard InChI is InChI=1S/C15H14ClFN2O2/c1-9-5-6-13(10(7-9)8-14(20)19-21)18-15-11(16)3-2-4-12(15)17/h2-7,18,21H,8H2,1H3,(H,19,20). The Morgan fingerprint density at radius 2 is 2.10 bits per heavy atom. The first-order valence-corrected chi connectivity index (χ1v) is 6.62. The van der Waals surface area contributed by atoms with Gasteiger partial charge >= 0.3 is 0 Å². The molecular weight excluding hydrogens is 295 g/mol. The number of benzene rings is 2. The number of nitrogens with one attached hydrogen (secondary N) is 2. The second-order valence-corrected chi connectivity index (χ2v) is 5.00. The summed E-state index contributed by atoms with van der Waals surface area (Å²) in [7, 11) is 0. The van der Waals surface area contributed by atoms with Crippen LogP contribution < -0.4 is 10.8 Å². The molecule has 0 aliphatic rings. The third-order valence-corrected chi connectivity index (χ3v) is 3.27. The monoisotopic (exact) mass is 308 g/mol. The van der Waals surface area contributed by atoms with Crippen molar-refractivity contribution in [2.75, 3.05) is 5.32 Å². The summed E-state index contributed by atoms with van der Waals surface area (Å²) in [6, 6.07) is 9.73. The van der Waals surface area contributed by atoms with Crippen molar-refractivity contribution in [3.05, 3.63) is 58.4 Å². The fraction of sp³-hybridized carbons (Fsp3) is 0.133. The maximum absolute atomic E-state index is 13.8. The fourth-order valence-corrected chi connectivity index (χ4v) is 2.17. The Bertz CT molecular complexity index is 656. The first kappa shape index (κ1) is 15.3. The molecule has 3 N–H and O–H groups in total. The number of hydroxylamine groups is 1. The highest BCUT2D eigenvalue weighted by Crippen LogP contribution is 2.30. The first-order chi connectivity index (χ1) is 10.0. The minimum atomic E-state index is -0.553. The molecule has 2 aromatic carbocycles. The highest BCUT2D eigenvalue weighted by atomic mass is 35.5. The largest absolute Gasteiger partial charge is 0.352 e. The Labute approximate surface area is 126 Å². The molecule has 0 aliphatic carbocycles. The van der Waals surface area contributed by atoms with E-state index in [0.717, 1.165) is 5.56 Å². The molecule has 0 fully saturated rings. The molecule has 110 valence electrons. The van der Waals surface area contributed by atoms with Gasteiger partial charge in [0.1, 0.15) is 5.82 Å². The summed E-state index contributed by atoms with van der Waals surface area (Å²) in [5.41, 5.74) is 3.85. The maximum atomic E-state index is 13.8. The normalized spacial score (nSPS) is 10.3. The van der Waals surface area contributed by atoms with E-state index in [-0.39, 0.29) is 17.1 Å². The van der Waals surface area contributed by atoms with Gasteiger partial charge in [0.15, 0.2) is 0 Å². The van der Waals surface area contributed by atoms with E-state index in [2.05, 4.69) is 5.32 Å². The third-order valence-electron chi connectivity index (χ3n) is 2.96. The fourth-order valence-electron chi connectivity index (χ4n) is 1.96.